The van der Waals surface area contributed by atoms with Gasteiger partial charge in [0.1, 0.15) is 6.04 Å². The van der Waals surface area contributed by atoms with Gasteiger partial charge in [-0.25, -0.2) is 4.79 Å². The summed E-state index contributed by atoms with van der Waals surface area (Å²) >= 11 is 0. The number of hydrogen-bond acceptors (Lipinski definition) is 4. The second-order valence-electron chi connectivity index (χ2n) is 7.38. The standard InChI is InChI=1S/C21H30N2O4/c1-15(2)18(22-19(24)17-11-7-6-8-12-17)21(26)27-16(3)20(25)23-13-9-4-5-10-14-23/h6-8,11-12,15-16,18H,4-5,9-10,13-14H2,1-3H3,(H,22,24). The molecule has 2 rings (SSSR count). The van der Waals surface area contributed by atoms with Gasteiger partial charge in [0.05, 0.1) is 0 Å². The second-order valence-corrected chi connectivity index (χ2v) is 7.38. The van der Waals surface area contributed by atoms with Crippen molar-refractivity contribution in [2.75, 3.05) is 13.1 Å². The molecule has 0 saturated carbocycles. The van der Waals surface area contributed by atoms with Crippen LogP contribution in [0.1, 0.15) is 56.8 Å². The van der Waals surface area contributed by atoms with Gasteiger partial charge in [-0.05, 0) is 37.8 Å². The summed E-state index contributed by atoms with van der Waals surface area (Å²) in [6.07, 6.45) is 3.35. The van der Waals surface area contributed by atoms with Crippen LogP contribution in [0.15, 0.2) is 30.3 Å². The van der Waals surface area contributed by atoms with Gasteiger partial charge >= 0.3 is 5.97 Å². The third-order valence-electron chi connectivity index (χ3n) is 4.80. The van der Waals surface area contributed by atoms with Crippen LogP contribution in [0.25, 0.3) is 0 Å². The first-order chi connectivity index (χ1) is 12.9. The number of nitrogens with zero attached hydrogens (tertiary/aromatic N) is 1. The van der Waals surface area contributed by atoms with Crippen molar-refractivity contribution in [1.29, 1.82) is 0 Å². The number of rotatable bonds is 6. The highest BCUT2D eigenvalue weighted by Gasteiger charge is 2.31. The van der Waals surface area contributed by atoms with Crippen LogP contribution < -0.4 is 5.32 Å². The lowest BCUT2D eigenvalue weighted by Crippen LogP contribution is -2.48. The highest BCUT2D eigenvalue weighted by molar-refractivity contribution is 5.97. The van der Waals surface area contributed by atoms with E-state index in [0.29, 0.717) is 18.7 Å². The van der Waals surface area contributed by atoms with Crippen LogP contribution in [0.3, 0.4) is 0 Å². The molecule has 1 saturated heterocycles. The van der Waals surface area contributed by atoms with Crippen molar-refractivity contribution < 1.29 is 19.1 Å². The fraction of sp³-hybridized carbons (Fsp3) is 0.571. The van der Waals surface area contributed by atoms with Crippen LogP contribution in [-0.2, 0) is 14.3 Å². The van der Waals surface area contributed by atoms with E-state index in [9.17, 15) is 14.4 Å². The number of likely N-dealkylation sites (tertiary alicyclic amines) is 1. The Morgan fingerprint density at radius 1 is 0.963 bits per heavy atom. The number of esters is 1. The normalized spacial score (nSPS) is 17.0. The maximum absolute atomic E-state index is 12.6. The Kier molecular flexibility index (Phi) is 7.82. The van der Waals surface area contributed by atoms with Crippen molar-refractivity contribution in [1.82, 2.24) is 10.2 Å². The molecule has 1 aromatic rings. The van der Waals surface area contributed by atoms with E-state index in [2.05, 4.69) is 5.32 Å². The van der Waals surface area contributed by atoms with Gasteiger partial charge < -0.3 is 15.0 Å². The van der Waals surface area contributed by atoms with E-state index in [-0.39, 0.29) is 17.7 Å². The molecule has 2 unspecified atom stereocenters. The largest absolute Gasteiger partial charge is 0.451 e. The Balaban J connectivity index is 1.97. The summed E-state index contributed by atoms with van der Waals surface area (Å²) in [5.74, 6) is -1.24. The van der Waals surface area contributed by atoms with Gasteiger partial charge in [0, 0.05) is 18.7 Å². The number of ether oxygens (including phenoxy) is 1. The average Bonchev–Trinajstić information content (AvgIpc) is 2.95. The van der Waals surface area contributed by atoms with Gasteiger partial charge in [0.25, 0.3) is 11.8 Å². The lowest BCUT2D eigenvalue weighted by molar-refractivity contribution is -0.161. The maximum Gasteiger partial charge on any atom is 0.329 e. The highest BCUT2D eigenvalue weighted by atomic mass is 16.5. The number of hydrogen-bond donors (Lipinski definition) is 1. The molecule has 0 aliphatic carbocycles. The number of amides is 2. The van der Waals surface area contributed by atoms with Crippen LogP contribution in [0, 0.1) is 5.92 Å². The molecular formula is C21H30N2O4. The lowest BCUT2D eigenvalue weighted by Gasteiger charge is -2.26. The van der Waals surface area contributed by atoms with E-state index < -0.39 is 18.1 Å². The van der Waals surface area contributed by atoms with E-state index in [1.807, 2.05) is 19.9 Å². The van der Waals surface area contributed by atoms with E-state index in [1.165, 1.54) is 0 Å². The topological polar surface area (TPSA) is 75.7 Å². The maximum atomic E-state index is 12.6. The zero-order valence-corrected chi connectivity index (χ0v) is 16.4. The summed E-state index contributed by atoms with van der Waals surface area (Å²) in [4.78, 5) is 39.3. The summed E-state index contributed by atoms with van der Waals surface area (Å²) in [6, 6.07) is 7.91. The zero-order valence-electron chi connectivity index (χ0n) is 16.4. The molecule has 6 nitrogen and oxygen atoms in total. The third-order valence-corrected chi connectivity index (χ3v) is 4.80. The molecular weight excluding hydrogens is 344 g/mol. The molecule has 1 heterocycles. The molecule has 0 radical (unpaired) electrons. The number of nitrogens with one attached hydrogen (secondary N) is 1. The zero-order chi connectivity index (χ0) is 19.8. The molecule has 1 aliphatic rings. The van der Waals surface area contributed by atoms with E-state index >= 15 is 0 Å². The fourth-order valence-electron chi connectivity index (χ4n) is 3.16. The Bertz CT molecular complexity index is 637. The fourth-order valence-corrected chi connectivity index (χ4v) is 3.16. The van der Waals surface area contributed by atoms with Gasteiger partial charge in [0.2, 0.25) is 0 Å². The van der Waals surface area contributed by atoms with Gasteiger partial charge in [-0.1, -0.05) is 44.9 Å². The molecule has 27 heavy (non-hydrogen) atoms. The predicted molar refractivity (Wildman–Crippen MR) is 103 cm³/mol. The number of carbonyl (C=O) groups is 3. The highest BCUT2D eigenvalue weighted by Crippen LogP contribution is 2.13. The molecule has 0 bridgehead atoms. The molecule has 2 amide bonds. The minimum absolute atomic E-state index is 0.161. The molecule has 1 fully saturated rings. The van der Waals surface area contributed by atoms with Crippen molar-refractivity contribution >= 4 is 17.8 Å². The van der Waals surface area contributed by atoms with Gasteiger partial charge in [-0.2, -0.15) is 0 Å². The van der Waals surface area contributed by atoms with Crippen LogP contribution in [0.5, 0.6) is 0 Å². The van der Waals surface area contributed by atoms with Gasteiger partial charge in [-0.3, -0.25) is 9.59 Å². The quantitative estimate of drug-likeness (QED) is 0.777. The first-order valence-electron chi connectivity index (χ1n) is 9.75. The van der Waals surface area contributed by atoms with E-state index in [0.717, 1.165) is 25.7 Å². The Morgan fingerprint density at radius 3 is 2.11 bits per heavy atom. The van der Waals surface area contributed by atoms with Crippen molar-refractivity contribution in [3.8, 4) is 0 Å². The molecule has 1 aliphatic heterocycles. The van der Waals surface area contributed by atoms with Crippen molar-refractivity contribution in [2.45, 2.75) is 58.6 Å². The average molecular weight is 374 g/mol. The number of carbonyl (C=O) groups excluding carboxylic acids is 3. The van der Waals surface area contributed by atoms with Crippen molar-refractivity contribution in [3.05, 3.63) is 35.9 Å². The second kappa shape index (κ2) is 10.1. The molecule has 1 aromatic carbocycles. The van der Waals surface area contributed by atoms with E-state index in [4.69, 9.17) is 4.74 Å². The smallest absolute Gasteiger partial charge is 0.329 e. The first kappa shape index (κ1) is 20.9. The molecule has 6 heteroatoms. The summed E-state index contributed by atoms with van der Waals surface area (Å²) in [5.41, 5.74) is 0.477. The summed E-state index contributed by atoms with van der Waals surface area (Å²) in [5, 5.41) is 2.73. The molecule has 1 N–H and O–H groups in total. The van der Waals surface area contributed by atoms with Crippen LogP contribution in [0.4, 0.5) is 0 Å². The van der Waals surface area contributed by atoms with Gasteiger partial charge in [-0.15, -0.1) is 0 Å². The summed E-state index contributed by atoms with van der Waals surface area (Å²) < 4.78 is 5.42. The Labute approximate surface area is 161 Å². The minimum Gasteiger partial charge on any atom is -0.451 e. The van der Waals surface area contributed by atoms with E-state index in [1.54, 1.807) is 36.1 Å². The molecule has 0 aromatic heterocycles. The Morgan fingerprint density at radius 2 is 1.56 bits per heavy atom. The SMILES string of the molecule is CC(OC(=O)C(NC(=O)c1ccccc1)C(C)C)C(=O)N1CCCCCC1. The number of benzene rings is 1. The van der Waals surface area contributed by atoms with Crippen molar-refractivity contribution in [2.24, 2.45) is 5.92 Å². The van der Waals surface area contributed by atoms with Crippen LogP contribution in [0.2, 0.25) is 0 Å². The first-order valence-corrected chi connectivity index (χ1v) is 9.75. The third kappa shape index (κ3) is 6.08. The predicted octanol–water partition coefficient (Wildman–Crippen LogP) is 2.78. The van der Waals surface area contributed by atoms with Crippen LogP contribution in [-0.4, -0.2) is 47.9 Å². The minimum atomic E-state index is -0.856. The Hall–Kier alpha value is -2.37. The van der Waals surface area contributed by atoms with Crippen LogP contribution >= 0.6 is 0 Å². The molecule has 0 spiro atoms. The molecule has 2 atom stereocenters. The van der Waals surface area contributed by atoms with Gasteiger partial charge in [0.15, 0.2) is 6.10 Å². The van der Waals surface area contributed by atoms with Crippen molar-refractivity contribution in [3.63, 3.8) is 0 Å². The summed E-state index contributed by atoms with van der Waals surface area (Å²) in [6.45, 7) is 6.68. The lowest BCUT2D eigenvalue weighted by atomic mass is 10.0. The molecule has 148 valence electrons. The monoisotopic (exact) mass is 374 g/mol. The summed E-state index contributed by atoms with van der Waals surface area (Å²) in [7, 11) is 0.